The summed E-state index contributed by atoms with van der Waals surface area (Å²) in [6, 6.07) is 22.2. The number of carbonyl (C=O) groups excluding carboxylic acids is 1. The zero-order chi connectivity index (χ0) is 19.5. The molecule has 0 atom stereocenters. The highest BCUT2D eigenvalue weighted by Crippen LogP contribution is 2.25. The Kier molecular flexibility index (Phi) is 4.79. The Bertz CT molecular complexity index is 1210. The second-order valence-electron chi connectivity index (χ2n) is 6.24. The number of fused-ring (bicyclic) bond motifs is 1. The number of nitrogens with zero attached hydrogens (tertiary/aromatic N) is 3. The van der Waals surface area contributed by atoms with Crippen LogP contribution in [0.25, 0.3) is 16.9 Å². The lowest BCUT2D eigenvalue weighted by atomic mass is 10.1. The minimum atomic E-state index is -0.263. The summed E-state index contributed by atoms with van der Waals surface area (Å²) < 4.78 is 1.88. The molecular weight excluding hydrogens is 372 g/mol. The number of imidazole rings is 1. The molecule has 5 nitrogen and oxygen atoms in total. The minimum Gasteiger partial charge on any atom is -0.347 e. The van der Waals surface area contributed by atoms with Crippen LogP contribution in [0.4, 0.5) is 0 Å². The molecule has 0 aliphatic heterocycles. The number of amides is 1. The molecule has 0 aliphatic rings. The van der Waals surface area contributed by atoms with E-state index in [4.69, 9.17) is 16.9 Å². The fraction of sp³-hybridized carbons (Fsp3) is 0.0455. The van der Waals surface area contributed by atoms with Crippen molar-refractivity contribution in [1.82, 2.24) is 14.7 Å². The molecule has 0 saturated heterocycles. The molecule has 0 spiro atoms. The van der Waals surface area contributed by atoms with E-state index in [1.165, 1.54) is 0 Å². The largest absolute Gasteiger partial charge is 0.347 e. The summed E-state index contributed by atoms with van der Waals surface area (Å²) in [5.74, 6) is 0.392. The Labute approximate surface area is 166 Å². The quantitative estimate of drug-likeness (QED) is 0.563. The van der Waals surface area contributed by atoms with Crippen molar-refractivity contribution in [3.05, 3.63) is 94.8 Å². The number of hydrogen-bond acceptors (Lipinski definition) is 3. The van der Waals surface area contributed by atoms with Crippen molar-refractivity contribution in [3.8, 4) is 17.5 Å². The maximum absolute atomic E-state index is 12.8. The Hall–Kier alpha value is -3.62. The van der Waals surface area contributed by atoms with E-state index >= 15 is 0 Å². The molecule has 2 aromatic heterocycles. The number of hydrogen-bond donors (Lipinski definition) is 1. The highest BCUT2D eigenvalue weighted by Gasteiger charge is 2.18. The van der Waals surface area contributed by atoms with Crippen molar-refractivity contribution in [2.45, 2.75) is 6.54 Å². The highest BCUT2D eigenvalue weighted by molar-refractivity contribution is 6.30. The Morgan fingerprint density at radius 2 is 1.93 bits per heavy atom. The van der Waals surface area contributed by atoms with Crippen LogP contribution < -0.4 is 5.32 Å². The molecule has 6 heteroatoms. The molecule has 4 aromatic rings. The topological polar surface area (TPSA) is 70.2 Å². The molecule has 0 fully saturated rings. The van der Waals surface area contributed by atoms with Crippen LogP contribution in [0, 0.1) is 11.3 Å². The van der Waals surface area contributed by atoms with Crippen molar-refractivity contribution in [2.75, 3.05) is 0 Å². The fourth-order valence-electron chi connectivity index (χ4n) is 3.00. The third-order valence-corrected chi connectivity index (χ3v) is 4.62. The number of benzene rings is 2. The third kappa shape index (κ3) is 3.46. The molecule has 0 aliphatic carbocycles. The van der Waals surface area contributed by atoms with E-state index in [9.17, 15) is 4.79 Å². The van der Waals surface area contributed by atoms with Crippen LogP contribution in [0.1, 0.15) is 21.6 Å². The first-order valence-corrected chi connectivity index (χ1v) is 9.04. The van der Waals surface area contributed by atoms with E-state index in [1.54, 1.807) is 18.2 Å². The van der Waals surface area contributed by atoms with E-state index in [-0.39, 0.29) is 5.91 Å². The number of halogens is 1. The van der Waals surface area contributed by atoms with Crippen LogP contribution in [0.2, 0.25) is 5.02 Å². The highest BCUT2D eigenvalue weighted by atomic mass is 35.5. The summed E-state index contributed by atoms with van der Waals surface area (Å²) in [5.41, 5.74) is 3.39. The summed E-state index contributed by atoms with van der Waals surface area (Å²) in [6.45, 7) is 0.350. The summed E-state index contributed by atoms with van der Waals surface area (Å²) in [7, 11) is 0. The van der Waals surface area contributed by atoms with Gasteiger partial charge in [-0.1, -0.05) is 41.9 Å². The molecule has 1 N–H and O–H groups in total. The predicted octanol–water partition coefficient (Wildman–Crippen LogP) is 4.46. The first kappa shape index (κ1) is 17.8. The van der Waals surface area contributed by atoms with Crippen molar-refractivity contribution in [1.29, 1.82) is 5.26 Å². The normalized spacial score (nSPS) is 10.6. The Morgan fingerprint density at radius 3 is 2.68 bits per heavy atom. The van der Waals surface area contributed by atoms with Gasteiger partial charge >= 0.3 is 0 Å². The van der Waals surface area contributed by atoms with Crippen LogP contribution in [0.3, 0.4) is 0 Å². The van der Waals surface area contributed by atoms with Gasteiger partial charge in [0.1, 0.15) is 5.82 Å². The second-order valence-corrected chi connectivity index (χ2v) is 6.68. The van der Waals surface area contributed by atoms with Crippen LogP contribution in [0.5, 0.6) is 0 Å². The van der Waals surface area contributed by atoms with Crippen molar-refractivity contribution in [2.24, 2.45) is 0 Å². The van der Waals surface area contributed by atoms with Gasteiger partial charge in [0, 0.05) is 23.3 Å². The maximum atomic E-state index is 12.8. The van der Waals surface area contributed by atoms with Gasteiger partial charge in [0.15, 0.2) is 5.69 Å². The van der Waals surface area contributed by atoms with Crippen molar-refractivity contribution >= 4 is 23.0 Å². The fourth-order valence-corrected chi connectivity index (χ4v) is 3.19. The summed E-state index contributed by atoms with van der Waals surface area (Å²) in [6.07, 6.45) is 1.87. The van der Waals surface area contributed by atoms with E-state index in [2.05, 4.69) is 16.4 Å². The molecule has 136 valence electrons. The molecular formula is C22H15ClN4O. The number of aromatic nitrogens is 2. The van der Waals surface area contributed by atoms with Gasteiger partial charge < -0.3 is 5.32 Å². The second kappa shape index (κ2) is 7.55. The van der Waals surface area contributed by atoms with Gasteiger partial charge in [0.25, 0.3) is 5.91 Å². The van der Waals surface area contributed by atoms with Crippen LogP contribution in [-0.4, -0.2) is 15.3 Å². The van der Waals surface area contributed by atoms with Gasteiger partial charge in [-0.15, -0.1) is 0 Å². The third-order valence-electron chi connectivity index (χ3n) is 4.38. The van der Waals surface area contributed by atoms with Crippen molar-refractivity contribution < 1.29 is 4.79 Å². The first-order chi connectivity index (χ1) is 13.7. The number of rotatable bonds is 4. The molecule has 4 rings (SSSR count). The molecule has 0 saturated carbocycles. The molecule has 1 amide bonds. The molecule has 0 bridgehead atoms. The number of carbonyl (C=O) groups is 1. The maximum Gasteiger partial charge on any atom is 0.272 e. The smallest absolute Gasteiger partial charge is 0.272 e. The lowest BCUT2D eigenvalue weighted by Gasteiger charge is -2.04. The lowest BCUT2D eigenvalue weighted by molar-refractivity contribution is 0.0948. The summed E-state index contributed by atoms with van der Waals surface area (Å²) >= 11 is 6.12. The summed E-state index contributed by atoms with van der Waals surface area (Å²) in [5, 5.41) is 12.4. The monoisotopic (exact) mass is 386 g/mol. The molecule has 0 radical (unpaired) electrons. The van der Waals surface area contributed by atoms with E-state index < -0.39 is 0 Å². The average Bonchev–Trinajstić information content (AvgIpc) is 3.12. The zero-order valence-corrected chi connectivity index (χ0v) is 15.5. The molecule has 2 aromatic carbocycles. The van der Waals surface area contributed by atoms with E-state index in [0.717, 1.165) is 16.6 Å². The molecule has 28 heavy (non-hydrogen) atoms. The average molecular weight is 387 g/mol. The first-order valence-electron chi connectivity index (χ1n) is 8.66. The van der Waals surface area contributed by atoms with Crippen LogP contribution in [-0.2, 0) is 6.54 Å². The van der Waals surface area contributed by atoms with Crippen LogP contribution >= 0.6 is 11.6 Å². The predicted molar refractivity (Wildman–Crippen MR) is 108 cm³/mol. The van der Waals surface area contributed by atoms with Gasteiger partial charge in [-0.05, 0) is 42.0 Å². The van der Waals surface area contributed by atoms with Crippen molar-refractivity contribution in [3.63, 3.8) is 0 Å². The van der Waals surface area contributed by atoms with Gasteiger partial charge in [0.2, 0.25) is 0 Å². The number of nitriles is 1. The Morgan fingerprint density at radius 1 is 1.11 bits per heavy atom. The SMILES string of the molecule is N#Cc1ccc(CNC(=O)c2nc(-c3cccc(Cl)c3)n3ccccc23)cc1. The van der Waals surface area contributed by atoms with Gasteiger partial charge in [-0.2, -0.15) is 5.26 Å². The van der Waals surface area contributed by atoms with Gasteiger partial charge in [-0.3, -0.25) is 9.20 Å². The molecule has 0 unspecified atom stereocenters. The lowest BCUT2D eigenvalue weighted by Crippen LogP contribution is -2.23. The van der Waals surface area contributed by atoms with E-state index in [0.29, 0.717) is 28.6 Å². The van der Waals surface area contributed by atoms with Gasteiger partial charge in [-0.25, -0.2) is 4.98 Å². The minimum absolute atomic E-state index is 0.263. The number of nitrogens with one attached hydrogen (secondary N) is 1. The van der Waals surface area contributed by atoms with Crippen LogP contribution in [0.15, 0.2) is 72.9 Å². The number of pyridine rings is 1. The van der Waals surface area contributed by atoms with Gasteiger partial charge in [0.05, 0.1) is 17.1 Å². The molecule has 2 heterocycles. The zero-order valence-electron chi connectivity index (χ0n) is 14.8. The van der Waals surface area contributed by atoms with E-state index in [1.807, 2.05) is 59.1 Å². The summed E-state index contributed by atoms with van der Waals surface area (Å²) in [4.78, 5) is 17.4. The standard InChI is InChI=1S/C22H15ClN4O/c23-18-5-3-4-17(12-18)21-26-20(19-6-1-2-11-27(19)21)22(28)25-14-16-9-7-15(13-24)8-10-16/h1-12H,14H2,(H,25,28). The Balaban J connectivity index is 1.64.